The summed E-state index contributed by atoms with van der Waals surface area (Å²) in [7, 11) is 0. The van der Waals surface area contributed by atoms with Crippen LogP contribution in [0.25, 0.3) is 0 Å². The molecule has 1 aliphatic heterocycles. The maximum Gasteiger partial charge on any atom is 0.371 e. The molecule has 22 heavy (non-hydrogen) atoms. The first kappa shape index (κ1) is 15.1. The summed E-state index contributed by atoms with van der Waals surface area (Å²) < 4.78 is 11.2. The van der Waals surface area contributed by atoms with Crippen molar-refractivity contribution in [2.45, 2.75) is 50.7 Å². The molecule has 0 spiro atoms. The molecule has 0 bridgehead atoms. The predicted octanol–water partition coefficient (Wildman–Crippen LogP) is 2.54. The molecule has 1 N–H and O–H groups in total. The Labute approximate surface area is 129 Å². The number of ether oxygens (including phenoxy) is 1. The zero-order valence-corrected chi connectivity index (χ0v) is 12.5. The summed E-state index contributed by atoms with van der Waals surface area (Å²) in [5.41, 5.74) is 0. The smallest absolute Gasteiger partial charge is 0.371 e. The van der Waals surface area contributed by atoms with Crippen molar-refractivity contribution in [3.8, 4) is 0 Å². The van der Waals surface area contributed by atoms with E-state index in [0.29, 0.717) is 19.2 Å². The van der Waals surface area contributed by atoms with Crippen LogP contribution in [-0.4, -0.2) is 47.2 Å². The number of hydrogen-bond acceptors (Lipinski definition) is 4. The normalized spacial score (nSPS) is 20.5. The minimum absolute atomic E-state index is 0.0903. The molecule has 120 valence electrons. The Morgan fingerprint density at radius 1 is 1.05 bits per heavy atom. The minimum Gasteiger partial charge on any atom is -0.475 e. The number of aromatic carboxylic acids is 1. The summed E-state index contributed by atoms with van der Waals surface area (Å²) in [5.74, 6) is -1.52. The monoisotopic (exact) mass is 307 g/mol. The number of nitrogens with zero attached hydrogens (tertiary/aromatic N) is 1. The zero-order chi connectivity index (χ0) is 15.5. The fourth-order valence-corrected chi connectivity index (χ4v) is 3.22. The summed E-state index contributed by atoms with van der Waals surface area (Å²) in [4.78, 5) is 24.8. The molecule has 1 aliphatic carbocycles. The molecule has 2 heterocycles. The van der Waals surface area contributed by atoms with Crippen molar-refractivity contribution < 1.29 is 23.8 Å². The van der Waals surface area contributed by atoms with Crippen LogP contribution in [0, 0.1) is 0 Å². The minimum atomic E-state index is -1.16. The molecule has 1 aromatic heterocycles. The molecule has 0 radical (unpaired) electrons. The molecule has 1 aromatic rings. The molecule has 0 atom stereocenters. The van der Waals surface area contributed by atoms with Crippen molar-refractivity contribution in [3.05, 3.63) is 23.7 Å². The summed E-state index contributed by atoms with van der Waals surface area (Å²) in [6.07, 6.45) is 7.11. The molecule has 2 aliphatic rings. The van der Waals surface area contributed by atoms with E-state index in [1.165, 1.54) is 25.0 Å². The van der Waals surface area contributed by atoms with Gasteiger partial charge in [-0.05, 0) is 37.8 Å². The number of piperidine rings is 1. The number of likely N-dealkylation sites (tertiary alicyclic amines) is 1. The van der Waals surface area contributed by atoms with Gasteiger partial charge in [0.15, 0.2) is 5.76 Å². The molecule has 6 heteroatoms. The van der Waals surface area contributed by atoms with Gasteiger partial charge in [0.1, 0.15) is 0 Å². The summed E-state index contributed by atoms with van der Waals surface area (Å²) in [6, 6.07) is 2.73. The number of amides is 1. The van der Waals surface area contributed by atoms with Crippen molar-refractivity contribution in [1.29, 1.82) is 0 Å². The Morgan fingerprint density at radius 3 is 2.23 bits per heavy atom. The molecule has 0 aromatic carbocycles. The van der Waals surface area contributed by atoms with Gasteiger partial charge < -0.3 is 19.2 Å². The third kappa shape index (κ3) is 3.32. The maximum atomic E-state index is 12.3. The Balaban J connectivity index is 1.51. The van der Waals surface area contributed by atoms with Crippen LogP contribution in [-0.2, 0) is 4.74 Å². The van der Waals surface area contributed by atoms with E-state index < -0.39 is 5.97 Å². The Morgan fingerprint density at radius 2 is 1.64 bits per heavy atom. The van der Waals surface area contributed by atoms with E-state index in [9.17, 15) is 9.59 Å². The summed E-state index contributed by atoms with van der Waals surface area (Å²) in [5, 5.41) is 8.83. The molecular formula is C16H21NO5. The lowest BCUT2D eigenvalue weighted by molar-refractivity contribution is -0.0360. The maximum absolute atomic E-state index is 12.3. The summed E-state index contributed by atoms with van der Waals surface area (Å²) >= 11 is 0. The second-order valence-electron chi connectivity index (χ2n) is 6.00. The molecule has 1 saturated heterocycles. The lowest BCUT2D eigenvalue weighted by Gasteiger charge is -2.32. The van der Waals surface area contributed by atoms with E-state index in [0.717, 1.165) is 25.7 Å². The molecule has 2 fully saturated rings. The van der Waals surface area contributed by atoms with Crippen LogP contribution in [0.5, 0.6) is 0 Å². The SMILES string of the molecule is O=C(O)c1ccc(C(=O)N2CCC(OC3CCCC3)CC2)o1. The number of carboxylic acid groups (broad SMARTS) is 1. The first-order chi connectivity index (χ1) is 10.6. The van der Waals surface area contributed by atoms with E-state index in [2.05, 4.69) is 0 Å². The number of hydrogen-bond donors (Lipinski definition) is 1. The van der Waals surface area contributed by atoms with E-state index in [1.807, 2.05) is 0 Å². The molecule has 0 unspecified atom stereocenters. The van der Waals surface area contributed by atoms with Crippen molar-refractivity contribution in [2.24, 2.45) is 0 Å². The van der Waals surface area contributed by atoms with Gasteiger partial charge in [0.2, 0.25) is 5.76 Å². The first-order valence-corrected chi connectivity index (χ1v) is 7.91. The van der Waals surface area contributed by atoms with Gasteiger partial charge in [-0.1, -0.05) is 12.8 Å². The third-order valence-electron chi connectivity index (χ3n) is 4.44. The first-order valence-electron chi connectivity index (χ1n) is 7.91. The molecule has 1 saturated carbocycles. The van der Waals surface area contributed by atoms with Crippen molar-refractivity contribution >= 4 is 11.9 Å². The van der Waals surface area contributed by atoms with E-state index >= 15 is 0 Å². The van der Waals surface area contributed by atoms with Gasteiger partial charge in [-0.15, -0.1) is 0 Å². The zero-order valence-electron chi connectivity index (χ0n) is 12.5. The number of carbonyl (C=O) groups is 2. The highest BCUT2D eigenvalue weighted by Crippen LogP contribution is 2.26. The lowest BCUT2D eigenvalue weighted by atomic mass is 10.1. The fourth-order valence-electron chi connectivity index (χ4n) is 3.22. The second-order valence-corrected chi connectivity index (χ2v) is 6.00. The predicted molar refractivity (Wildman–Crippen MR) is 77.9 cm³/mol. The molecule has 6 nitrogen and oxygen atoms in total. The quantitative estimate of drug-likeness (QED) is 0.924. The van der Waals surface area contributed by atoms with Gasteiger partial charge in [-0.3, -0.25) is 4.79 Å². The van der Waals surface area contributed by atoms with Gasteiger partial charge >= 0.3 is 5.97 Å². The highest BCUT2D eigenvalue weighted by atomic mass is 16.5. The second kappa shape index (κ2) is 6.52. The van der Waals surface area contributed by atoms with Crippen LogP contribution >= 0.6 is 0 Å². The Bertz CT molecular complexity index is 538. The number of furan rings is 1. The number of carbonyl (C=O) groups excluding carboxylic acids is 1. The largest absolute Gasteiger partial charge is 0.475 e. The van der Waals surface area contributed by atoms with E-state index in [1.54, 1.807) is 4.90 Å². The number of rotatable bonds is 4. The van der Waals surface area contributed by atoms with Crippen LogP contribution in [0.2, 0.25) is 0 Å². The van der Waals surface area contributed by atoms with Crippen LogP contribution in [0.4, 0.5) is 0 Å². The van der Waals surface area contributed by atoms with Crippen molar-refractivity contribution in [1.82, 2.24) is 4.90 Å². The third-order valence-corrected chi connectivity index (χ3v) is 4.44. The van der Waals surface area contributed by atoms with Gasteiger partial charge in [0, 0.05) is 13.1 Å². The average Bonchev–Trinajstić information content (AvgIpc) is 3.18. The standard InChI is InChI=1S/C16H21NO5/c18-15(13-5-6-14(22-13)16(19)20)17-9-7-12(8-10-17)21-11-3-1-2-4-11/h5-6,11-12H,1-4,7-10H2,(H,19,20). The van der Waals surface area contributed by atoms with Crippen molar-refractivity contribution in [2.75, 3.05) is 13.1 Å². The molecule has 3 rings (SSSR count). The fraction of sp³-hybridized carbons (Fsp3) is 0.625. The van der Waals surface area contributed by atoms with Crippen LogP contribution in [0.3, 0.4) is 0 Å². The summed E-state index contributed by atoms with van der Waals surface area (Å²) in [6.45, 7) is 1.25. The Kier molecular flexibility index (Phi) is 4.47. The van der Waals surface area contributed by atoms with E-state index in [-0.39, 0.29) is 23.5 Å². The average molecular weight is 307 g/mol. The highest BCUT2D eigenvalue weighted by Gasteiger charge is 2.28. The lowest BCUT2D eigenvalue weighted by Crippen LogP contribution is -2.41. The van der Waals surface area contributed by atoms with Gasteiger partial charge in [-0.25, -0.2) is 4.79 Å². The topological polar surface area (TPSA) is 80.0 Å². The van der Waals surface area contributed by atoms with Gasteiger partial charge in [0.25, 0.3) is 5.91 Å². The van der Waals surface area contributed by atoms with E-state index in [4.69, 9.17) is 14.3 Å². The van der Waals surface area contributed by atoms with Crippen molar-refractivity contribution in [3.63, 3.8) is 0 Å². The highest BCUT2D eigenvalue weighted by molar-refractivity contribution is 5.93. The molecule has 1 amide bonds. The van der Waals surface area contributed by atoms with Crippen LogP contribution < -0.4 is 0 Å². The van der Waals surface area contributed by atoms with Crippen LogP contribution in [0.15, 0.2) is 16.5 Å². The molecular weight excluding hydrogens is 286 g/mol. The van der Waals surface area contributed by atoms with Crippen LogP contribution in [0.1, 0.15) is 59.6 Å². The Hall–Kier alpha value is -1.82. The van der Waals surface area contributed by atoms with Gasteiger partial charge in [0.05, 0.1) is 12.2 Å². The van der Waals surface area contributed by atoms with Gasteiger partial charge in [-0.2, -0.15) is 0 Å². The number of carboxylic acids is 1.